The van der Waals surface area contributed by atoms with Crippen LogP contribution in [0.1, 0.15) is 20.7 Å². The van der Waals surface area contributed by atoms with Crippen LogP contribution in [0.3, 0.4) is 0 Å². The summed E-state index contributed by atoms with van der Waals surface area (Å²) in [4.78, 5) is 23.0. The molecule has 0 aliphatic rings. The van der Waals surface area contributed by atoms with Gasteiger partial charge in [-0.1, -0.05) is 23.7 Å². The maximum atomic E-state index is 12.0. The van der Waals surface area contributed by atoms with Crippen LogP contribution in [-0.2, 0) is 0 Å². The predicted octanol–water partition coefficient (Wildman–Crippen LogP) is 3.29. The normalized spacial score (nSPS) is 9.95. The van der Waals surface area contributed by atoms with E-state index in [0.29, 0.717) is 10.6 Å². The first kappa shape index (κ1) is 13.1. The summed E-state index contributed by atoms with van der Waals surface area (Å²) < 4.78 is 0. The zero-order valence-corrected chi connectivity index (χ0v) is 10.5. The number of carboxylic acids is 1. The highest BCUT2D eigenvalue weighted by molar-refractivity contribution is 6.30. The van der Waals surface area contributed by atoms with Crippen LogP contribution in [0.2, 0.25) is 5.02 Å². The van der Waals surface area contributed by atoms with Crippen molar-refractivity contribution in [3.05, 3.63) is 64.7 Å². The summed E-state index contributed by atoms with van der Waals surface area (Å²) in [5.74, 6) is -1.47. The van der Waals surface area contributed by atoms with E-state index in [1.807, 2.05) is 0 Å². The topological polar surface area (TPSA) is 66.4 Å². The van der Waals surface area contributed by atoms with Gasteiger partial charge in [-0.15, -0.1) is 0 Å². The Morgan fingerprint density at radius 3 is 2.26 bits per heavy atom. The van der Waals surface area contributed by atoms with Crippen LogP contribution < -0.4 is 5.32 Å². The largest absolute Gasteiger partial charge is 0.478 e. The summed E-state index contributed by atoms with van der Waals surface area (Å²) in [5, 5.41) is 12.1. The van der Waals surface area contributed by atoms with E-state index in [1.165, 1.54) is 12.1 Å². The summed E-state index contributed by atoms with van der Waals surface area (Å²) in [6.45, 7) is 0. The lowest BCUT2D eigenvalue weighted by Crippen LogP contribution is -2.14. The van der Waals surface area contributed by atoms with E-state index in [0.717, 1.165) is 0 Å². The lowest BCUT2D eigenvalue weighted by molar-refractivity contribution is 0.0698. The molecule has 0 aliphatic carbocycles. The molecule has 0 atom stereocenters. The molecule has 4 nitrogen and oxygen atoms in total. The second kappa shape index (κ2) is 5.54. The van der Waals surface area contributed by atoms with Gasteiger partial charge >= 0.3 is 5.97 Å². The molecule has 0 aliphatic heterocycles. The molecule has 0 spiro atoms. The molecule has 0 aromatic heterocycles. The molecular weight excluding hydrogens is 266 g/mol. The molecular formula is C14H10ClNO3. The van der Waals surface area contributed by atoms with Crippen molar-refractivity contribution in [3.8, 4) is 0 Å². The van der Waals surface area contributed by atoms with Crippen LogP contribution in [0.4, 0.5) is 5.69 Å². The van der Waals surface area contributed by atoms with E-state index >= 15 is 0 Å². The molecule has 2 aromatic carbocycles. The maximum Gasteiger partial charge on any atom is 0.337 e. The van der Waals surface area contributed by atoms with Crippen molar-refractivity contribution >= 4 is 29.2 Å². The Morgan fingerprint density at radius 2 is 1.63 bits per heavy atom. The van der Waals surface area contributed by atoms with Crippen molar-refractivity contribution in [3.63, 3.8) is 0 Å². The second-order valence-corrected chi connectivity index (χ2v) is 4.25. The van der Waals surface area contributed by atoms with Crippen LogP contribution >= 0.6 is 11.6 Å². The quantitative estimate of drug-likeness (QED) is 0.903. The Morgan fingerprint density at radius 1 is 1.00 bits per heavy atom. The first-order chi connectivity index (χ1) is 9.08. The molecule has 0 fully saturated rings. The van der Waals surface area contributed by atoms with Crippen molar-refractivity contribution in [2.45, 2.75) is 0 Å². The van der Waals surface area contributed by atoms with Gasteiger partial charge in [0.1, 0.15) is 0 Å². The third kappa shape index (κ3) is 3.11. The third-order valence-electron chi connectivity index (χ3n) is 2.51. The molecule has 2 rings (SSSR count). The summed E-state index contributed by atoms with van der Waals surface area (Å²) in [6, 6.07) is 12.6. The van der Waals surface area contributed by atoms with Crippen LogP contribution in [0.15, 0.2) is 48.5 Å². The first-order valence-corrected chi connectivity index (χ1v) is 5.85. The van der Waals surface area contributed by atoms with E-state index in [9.17, 15) is 9.59 Å². The fourth-order valence-electron chi connectivity index (χ4n) is 1.57. The number of carboxylic acid groups (broad SMARTS) is 1. The molecule has 2 N–H and O–H groups in total. The predicted molar refractivity (Wildman–Crippen MR) is 72.8 cm³/mol. The molecule has 96 valence electrons. The smallest absolute Gasteiger partial charge is 0.337 e. The molecule has 2 aromatic rings. The fraction of sp³-hybridized carbons (Fsp3) is 0. The fourth-order valence-corrected chi connectivity index (χ4v) is 1.70. The highest BCUT2D eigenvalue weighted by Gasteiger charge is 2.12. The summed E-state index contributed by atoms with van der Waals surface area (Å²) >= 11 is 5.73. The average molecular weight is 276 g/mol. The number of halogens is 1. The number of carbonyl (C=O) groups is 2. The number of carbonyl (C=O) groups excluding carboxylic acids is 1. The van der Waals surface area contributed by atoms with Gasteiger partial charge in [-0.3, -0.25) is 4.79 Å². The second-order valence-electron chi connectivity index (χ2n) is 3.81. The molecule has 19 heavy (non-hydrogen) atoms. The van der Waals surface area contributed by atoms with E-state index in [1.54, 1.807) is 36.4 Å². The van der Waals surface area contributed by atoms with Crippen molar-refractivity contribution < 1.29 is 14.7 Å². The van der Waals surface area contributed by atoms with Gasteiger partial charge in [-0.25, -0.2) is 4.79 Å². The Hall–Kier alpha value is -2.33. The number of anilines is 1. The Bertz CT molecular complexity index is 623. The Labute approximate surface area is 114 Å². The number of benzene rings is 2. The minimum atomic E-state index is -1.09. The minimum absolute atomic E-state index is 0.0461. The Kier molecular flexibility index (Phi) is 3.82. The highest BCUT2D eigenvalue weighted by atomic mass is 35.5. The van der Waals surface area contributed by atoms with Gasteiger partial charge in [0.2, 0.25) is 0 Å². The monoisotopic (exact) mass is 275 g/mol. The zero-order valence-electron chi connectivity index (χ0n) is 9.76. The summed E-state index contributed by atoms with van der Waals surface area (Å²) in [5.41, 5.74) is 0.712. The van der Waals surface area contributed by atoms with Gasteiger partial charge in [-0.05, 0) is 36.4 Å². The molecule has 0 radical (unpaired) electrons. The van der Waals surface area contributed by atoms with E-state index < -0.39 is 5.97 Å². The van der Waals surface area contributed by atoms with Crippen LogP contribution in [-0.4, -0.2) is 17.0 Å². The zero-order chi connectivity index (χ0) is 13.8. The number of rotatable bonds is 3. The van der Waals surface area contributed by atoms with Crippen molar-refractivity contribution in [2.75, 3.05) is 5.32 Å². The van der Waals surface area contributed by atoms with Crippen LogP contribution in [0.25, 0.3) is 0 Å². The highest BCUT2D eigenvalue weighted by Crippen LogP contribution is 2.17. The number of hydrogen-bond acceptors (Lipinski definition) is 2. The lowest BCUT2D eigenvalue weighted by Gasteiger charge is -2.08. The van der Waals surface area contributed by atoms with Crippen LogP contribution in [0, 0.1) is 0 Å². The van der Waals surface area contributed by atoms with E-state index in [-0.39, 0.29) is 17.2 Å². The SMILES string of the molecule is O=C(Nc1ccccc1C(=O)O)c1ccc(Cl)cc1. The van der Waals surface area contributed by atoms with Gasteiger partial charge in [0, 0.05) is 10.6 Å². The number of aromatic carboxylic acids is 1. The van der Waals surface area contributed by atoms with Crippen LogP contribution in [0.5, 0.6) is 0 Å². The molecule has 5 heteroatoms. The maximum absolute atomic E-state index is 12.0. The molecule has 0 unspecified atom stereocenters. The Balaban J connectivity index is 2.24. The van der Waals surface area contributed by atoms with Gasteiger partial charge < -0.3 is 10.4 Å². The molecule has 0 bridgehead atoms. The molecule has 0 heterocycles. The number of para-hydroxylation sites is 1. The summed E-state index contributed by atoms with van der Waals surface area (Å²) in [6.07, 6.45) is 0. The molecule has 0 saturated carbocycles. The van der Waals surface area contributed by atoms with Crippen molar-refractivity contribution in [1.29, 1.82) is 0 Å². The molecule has 1 amide bonds. The number of hydrogen-bond donors (Lipinski definition) is 2. The van der Waals surface area contributed by atoms with Gasteiger partial charge in [0.25, 0.3) is 5.91 Å². The van der Waals surface area contributed by atoms with Crippen molar-refractivity contribution in [2.24, 2.45) is 0 Å². The van der Waals surface area contributed by atoms with E-state index in [4.69, 9.17) is 16.7 Å². The molecule has 0 saturated heterocycles. The number of amides is 1. The average Bonchev–Trinajstić information content (AvgIpc) is 2.39. The van der Waals surface area contributed by atoms with Gasteiger partial charge in [0.05, 0.1) is 11.3 Å². The number of nitrogens with one attached hydrogen (secondary N) is 1. The van der Waals surface area contributed by atoms with Gasteiger partial charge in [-0.2, -0.15) is 0 Å². The van der Waals surface area contributed by atoms with Gasteiger partial charge in [0.15, 0.2) is 0 Å². The first-order valence-electron chi connectivity index (χ1n) is 5.47. The van der Waals surface area contributed by atoms with E-state index in [2.05, 4.69) is 5.32 Å². The summed E-state index contributed by atoms with van der Waals surface area (Å²) in [7, 11) is 0. The lowest BCUT2D eigenvalue weighted by atomic mass is 10.1. The third-order valence-corrected chi connectivity index (χ3v) is 2.76. The van der Waals surface area contributed by atoms with Crippen molar-refractivity contribution in [1.82, 2.24) is 0 Å². The minimum Gasteiger partial charge on any atom is -0.478 e. The standard InChI is InChI=1S/C14H10ClNO3/c15-10-7-5-9(6-8-10)13(17)16-12-4-2-1-3-11(12)14(18)19/h1-8H,(H,16,17)(H,18,19).